The van der Waals surface area contributed by atoms with E-state index in [-0.39, 0.29) is 6.61 Å². The molecule has 0 radical (unpaired) electrons. The Hall–Kier alpha value is -1.59. The van der Waals surface area contributed by atoms with E-state index in [4.69, 9.17) is 20.8 Å². The molecular weight excluding hydrogens is 266 g/mol. The van der Waals surface area contributed by atoms with Crippen molar-refractivity contribution in [2.45, 2.75) is 27.0 Å². The van der Waals surface area contributed by atoms with Crippen molar-refractivity contribution in [3.8, 4) is 5.75 Å². The summed E-state index contributed by atoms with van der Waals surface area (Å²) in [7, 11) is 0. The summed E-state index contributed by atoms with van der Waals surface area (Å²) in [5.41, 5.74) is 1.01. The third-order valence-electron chi connectivity index (χ3n) is 2.51. The van der Waals surface area contributed by atoms with Crippen LogP contribution in [0.3, 0.4) is 0 Å². The number of nitrogens with zero attached hydrogens (tertiary/aromatic N) is 2. The van der Waals surface area contributed by atoms with E-state index >= 15 is 0 Å². The Morgan fingerprint density at radius 1 is 1.37 bits per heavy atom. The number of aromatic nitrogens is 2. The van der Waals surface area contributed by atoms with Crippen LogP contribution in [0.5, 0.6) is 5.75 Å². The van der Waals surface area contributed by atoms with Crippen LogP contribution in [0.2, 0.25) is 5.02 Å². The molecule has 19 heavy (non-hydrogen) atoms. The predicted molar refractivity (Wildman–Crippen MR) is 72.2 cm³/mol. The Morgan fingerprint density at radius 2 is 2.21 bits per heavy atom. The van der Waals surface area contributed by atoms with Crippen LogP contribution in [0.1, 0.15) is 24.3 Å². The first-order chi connectivity index (χ1) is 9.19. The Labute approximate surface area is 116 Å². The molecule has 0 saturated heterocycles. The van der Waals surface area contributed by atoms with Crippen LogP contribution in [0.15, 0.2) is 22.6 Å². The molecule has 0 aliphatic carbocycles. The molecule has 0 spiro atoms. The van der Waals surface area contributed by atoms with E-state index in [0.717, 1.165) is 17.9 Å². The van der Waals surface area contributed by atoms with Gasteiger partial charge in [0.25, 0.3) is 5.89 Å². The van der Waals surface area contributed by atoms with Crippen LogP contribution in [-0.2, 0) is 13.2 Å². The fourth-order valence-electron chi connectivity index (χ4n) is 1.62. The lowest BCUT2D eigenvalue weighted by Crippen LogP contribution is -2.13. The van der Waals surface area contributed by atoms with Gasteiger partial charge in [-0.15, -0.1) is 10.2 Å². The number of hydrogen-bond acceptors (Lipinski definition) is 5. The molecule has 102 valence electrons. The molecule has 6 heteroatoms. The number of benzene rings is 1. The molecule has 1 aromatic heterocycles. The quantitative estimate of drug-likeness (QED) is 0.882. The number of ether oxygens (including phenoxy) is 1. The maximum absolute atomic E-state index is 5.99. The number of rotatable bonds is 6. The second-order valence-electron chi connectivity index (χ2n) is 4.04. The minimum atomic E-state index is 0.252. The predicted octanol–water partition coefficient (Wildman–Crippen LogP) is 2.72. The van der Waals surface area contributed by atoms with Crippen molar-refractivity contribution in [2.75, 3.05) is 6.54 Å². The SMILES string of the molecule is CCNCc1cc(Cl)ccc1OCc1nnc(C)o1. The highest BCUT2D eigenvalue weighted by atomic mass is 35.5. The van der Waals surface area contributed by atoms with Gasteiger partial charge in [0.05, 0.1) is 0 Å². The first-order valence-electron chi connectivity index (χ1n) is 6.10. The molecular formula is C13H16ClN3O2. The molecule has 0 fully saturated rings. The lowest BCUT2D eigenvalue weighted by Gasteiger charge is -2.11. The summed E-state index contributed by atoms with van der Waals surface area (Å²) in [5, 5.41) is 11.6. The Kier molecular flexibility index (Phi) is 4.76. The third kappa shape index (κ3) is 3.94. The molecule has 5 nitrogen and oxygen atoms in total. The number of halogens is 1. The van der Waals surface area contributed by atoms with Crippen molar-refractivity contribution >= 4 is 11.6 Å². The lowest BCUT2D eigenvalue weighted by molar-refractivity contribution is 0.257. The molecule has 2 rings (SSSR count). The van der Waals surface area contributed by atoms with Crippen LogP contribution in [0.25, 0.3) is 0 Å². The highest BCUT2D eigenvalue weighted by Gasteiger charge is 2.07. The van der Waals surface area contributed by atoms with E-state index in [2.05, 4.69) is 15.5 Å². The fourth-order valence-corrected chi connectivity index (χ4v) is 1.82. The Bertz CT molecular complexity index is 542. The second kappa shape index (κ2) is 6.54. The molecule has 0 amide bonds. The van der Waals surface area contributed by atoms with Gasteiger partial charge in [0.2, 0.25) is 5.89 Å². The maximum Gasteiger partial charge on any atom is 0.253 e. The zero-order chi connectivity index (χ0) is 13.7. The molecule has 2 aromatic rings. The highest BCUT2D eigenvalue weighted by molar-refractivity contribution is 6.30. The summed E-state index contributed by atoms with van der Waals surface area (Å²) in [4.78, 5) is 0. The van der Waals surface area contributed by atoms with Crippen LogP contribution in [0.4, 0.5) is 0 Å². The monoisotopic (exact) mass is 281 g/mol. The summed E-state index contributed by atoms with van der Waals surface area (Å²) in [5.74, 6) is 1.76. The first-order valence-corrected chi connectivity index (χ1v) is 6.47. The van der Waals surface area contributed by atoms with Crippen molar-refractivity contribution in [3.63, 3.8) is 0 Å². The average molecular weight is 282 g/mol. The Balaban J connectivity index is 2.05. The highest BCUT2D eigenvalue weighted by Crippen LogP contribution is 2.23. The summed E-state index contributed by atoms with van der Waals surface area (Å²) in [6.45, 7) is 5.63. The zero-order valence-corrected chi connectivity index (χ0v) is 11.7. The van der Waals surface area contributed by atoms with E-state index in [1.807, 2.05) is 19.1 Å². The number of nitrogens with one attached hydrogen (secondary N) is 1. The normalized spacial score (nSPS) is 10.7. The topological polar surface area (TPSA) is 60.2 Å². The van der Waals surface area contributed by atoms with Gasteiger partial charge < -0.3 is 14.5 Å². The van der Waals surface area contributed by atoms with E-state index < -0.39 is 0 Å². The van der Waals surface area contributed by atoms with E-state index in [1.54, 1.807) is 13.0 Å². The van der Waals surface area contributed by atoms with Crippen molar-refractivity contribution in [2.24, 2.45) is 0 Å². The molecule has 1 heterocycles. The van der Waals surface area contributed by atoms with Gasteiger partial charge >= 0.3 is 0 Å². The molecule has 0 aliphatic heterocycles. The molecule has 0 atom stereocenters. The number of aryl methyl sites for hydroxylation is 1. The van der Waals surface area contributed by atoms with Gasteiger partial charge in [-0.25, -0.2) is 0 Å². The van der Waals surface area contributed by atoms with Gasteiger partial charge in [-0.3, -0.25) is 0 Å². The number of hydrogen-bond donors (Lipinski definition) is 1. The maximum atomic E-state index is 5.99. The van der Waals surface area contributed by atoms with Crippen LogP contribution >= 0.6 is 11.6 Å². The van der Waals surface area contributed by atoms with Gasteiger partial charge in [-0.2, -0.15) is 0 Å². The third-order valence-corrected chi connectivity index (χ3v) is 2.74. The van der Waals surface area contributed by atoms with E-state index in [0.29, 0.717) is 23.3 Å². The van der Waals surface area contributed by atoms with Crippen molar-refractivity contribution in [1.82, 2.24) is 15.5 Å². The molecule has 1 N–H and O–H groups in total. The average Bonchev–Trinajstić information content (AvgIpc) is 2.81. The second-order valence-corrected chi connectivity index (χ2v) is 4.47. The largest absolute Gasteiger partial charge is 0.483 e. The van der Waals surface area contributed by atoms with Gasteiger partial charge in [-0.05, 0) is 24.7 Å². The van der Waals surface area contributed by atoms with Crippen LogP contribution < -0.4 is 10.1 Å². The van der Waals surface area contributed by atoms with Crippen molar-refractivity contribution in [3.05, 3.63) is 40.6 Å². The Morgan fingerprint density at radius 3 is 2.89 bits per heavy atom. The molecule has 0 unspecified atom stereocenters. The molecule has 0 aliphatic rings. The summed E-state index contributed by atoms with van der Waals surface area (Å²) >= 11 is 5.99. The van der Waals surface area contributed by atoms with Gasteiger partial charge in [-0.1, -0.05) is 18.5 Å². The summed E-state index contributed by atoms with van der Waals surface area (Å²) in [6, 6.07) is 5.53. The lowest BCUT2D eigenvalue weighted by atomic mass is 10.2. The van der Waals surface area contributed by atoms with Gasteiger partial charge in [0.1, 0.15) is 5.75 Å². The molecule has 1 aromatic carbocycles. The summed E-state index contributed by atoms with van der Waals surface area (Å²) in [6.07, 6.45) is 0. The smallest absolute Gasteiger partial charge is 0.253 e. The van der Waals surface area contributed by atoms with Crippen LogP contribution in [0, 0.1) is 6.92 Å². The standard InChI is InChI=1S/C13H16ClN3O2/c1-3-15-7-10-6-11(14)4-5-12(10)18-8-13-17-16-9(2)19-13/h4-6,15H,3,7-8H2,1-2H3. The van der Waals surface area contributed by atoms with Crippen LogP contribution in [-0.4, -0.2) is 16.7 Å². The van der Waals surface area contributed by atoms with Gasteiger partial charge in [0, 0.05) is 24.1 Å². The van der Waals surface area contributed by atoms with Crippen molar-refractivity contribution < 1.29 is 9.15 Å². The first kappa shape index (κ1) is 13.8. The molecule has 0 saturated carbocycles. The fraction of sp³-hybridized carbons (Fsp3) is 0.385. The van der Waals surface area contributed by atoms with E-state index in [9.17, 15) is 0 Å². The van der Waals surface area contributed by atoms with Crippen molar-refractivity contribution in [1.29, 1.82) is 0 Å². The van der Waals surface area contributed by atoms with Gasteiger partial charge in [0.15, 0.2) is 6.61 Å². The molecule has 0 bridgehead atoms. The van der Waals surface area contributed by atoms with E-state index in [1.165, 1.54) is 0 Å². The minimum Gasteiger partial charge on any atom is -0.483 e. The summed E-state index contributed by atoms with van der Waals surface area (Å²) < 4.78 is 11.0. The zero-order valence-electron chi connectivity index (χ0n) is 10.9. The minimum absolute atomic E-state index is 0.252.